The van der Waals surface area contributed by atoms with Gasteiger partial charge in [0, 0.05) is 64.6 Å². The fourth-order valence-corrected chi connectivity index (χ4v) is 6.10. The van der Waals surface area contributed by atoms with E-state index in [1.807, 2.05) is 42.6 Å². The van der Waals surface area contributed by atoms with Gasteiger partial charge in [-0.2, -0.15) is 0 Å². The molecule has 8 nitrogen and oxygen atoms in total. The fraction of sp³-hybridized carbons (Fsp3) is 0.189. The molecule has 4 aromatic heterocycles. The molecule has 0 aliphatic heterocycles. The number of pyridine rings is 1. The van der Waals surface area contributed by atoms with E-state index in [1.54, 1.807) is 6.20 Å². The average molecular weight is 594 g/mol. The summed E-state index contributed by atoms with van der Waals surface area (Å²) >= 11 is 0. The zero-order valence-corrected chi connectivity index (χ0v) is 25.2. The largest absolute Gasteiger partial charge is 0.361 e. The van der Waals surface area contributed by atoms with E-state index in [0.717, 1.165) is 52.0 Å². The second-order valence-electron chi connectivity index (χ2n) is 11.4. The number of rotatable bonds is 11. The quantitative estimate of drug-likeness (QED) is 0.157. The summed E-state index contributed by atoms with van der Waals surface area (Å²) in [5.41, 5.74) is 7.47. The molecule has 0 radical (unpaired) electrons. The SMILES string of the molecule is CCc1ccc(-n2c(CCc3c[nH]c4ccccc34)nnc2[C@@H](Cc2c[nH]c3ccccc23)NC(=O)Cc2ccccn2)cc1. The molecule has 0 saturated heterocycles. The van der Waals surface area contributed by atoms with Crippen LogP contribution in [0, 0.1) is 0 Å². The smallest absolute Gasteiger partial charge is 0.226 e. The molecule has 45 heavy (non-hydrogen) atoms. The van der Waals surface area contributed by atoms with Gasteiger partial charge in [-0.15, -0.1) is 10.2 Å². The Morgan fingerprint density at radius 3 is 2.20 bits per heavy atom. The van der Waals surface area contributed by atoms with Gasteiger partial charge in [0.2, 0.25) is 5.91 Å². The summed E-state index contributed by atoms with van der Waals surface area (Å²) in [7, 11) is 0. The van der Waals surface area contributed by atoms with Gasteiger partial charge >= 0.3 is 0 Å². The average Bonchev–Trinajstić information content (AvgIpc) is 3.81. The van der Waals surface area contributed by atoms with Crippen molar-refractivity contribution >= 4 is 27.7 Å². The molecule has 1 amide bonds. The minimum atomic E-state index is -0.430. The van der Waals surface area contributed by atoms with Crippen LogP contribution in [0.4, 0.5) is 0 Å². The highest BCUT2D eigenvalue weighted by Crippen LogP contribution is 2.28. The first-order valence-corrected chi connectivity index (χ1v) is 15.5. The maximum atomic E-state index is 13.5. The number of aromatic amines is 2. The van der Waals surface area contributed by atoms with Crippen molar-refractivity contribution in [3.05, 3.63) is 144 Å². The number of benzene rings is 3. The zero-order valence-electron chi connectivity index (χ0n) is 25.2. The van der Waals surface area contributed by atoms with Crippen LogP contribution in [-0.4, -0.2) is 35.6 Å². The molecular weight excluding hydrogens is 558 g/mol. The maximum absolute atomic E-state index is 13.5. The van der Waals surface area contributed by atoms with Gasteiger partial charge in [-0.05, 0) is 65.9 Å². The van der Waals surface area contributed by atoms with Gasteiger partial charge < -0.3 is 15.3 Å². The van der Waals surface area contributed by atoms with Gasteiger partial charge in [-0.25, -0.2) is 0 Å². The Labute approximate surface area is 261 Å². The van der Waals surface area contributed by atoms with Crippen molar-refractivity contribution in [3.63, 3.8) is 0 Å². The van der Waals surface area contributed by atoms with Crippen LogP contribution >= 0.6 is 0 Å². The third kappa shape index (κ3) is 5.99. The van der Waals surface area contributed by atoms with Crippen LogP contribution in [0.5, 0.6) is 0 Å². The summed E-state index contributed by atoms with van der Waals surface area (Å²) in [5, 5.41) is 15.2. The second-order valence-corrected chi connectivity index (χ2v) is 11.4. The van der Waals surface area contributed by atoms with Gasteiger partial charge in [-0.1, -0.05) is 61.5 Å². The van der Waals surface area contributed by atoms with Crippen molar-refractivity contribution in [3.8, 4) is 5.69 Å². The Hall–Kier alpha value is -5.50. The van der Waals surface area contributed by atoms with Crippen molar-refractivity contribution < 1.29 is 4.79 Å². The Morgan fingerprint density at radius 1 is 0.800 bits per heavy atom. The Kier molecular flexibility index (Phi) is 7.93. The first kappa shape index (κ1) is 28.3. The molecule has 7 aromatic rings. The number of H-pyrrole nitrogens is 2. The van der Waals surface area contributed by atoms with E-state index < -0.39 is 6.04 Å². The lowest BCUT2D eigenvalue weighted by Crippen LogP contribution is -2.33. The van der Waals surface area contributed by atoms with Crippen LogP contribution in [0.15, 0.2) is 110 Å². The minimum Gasteiger partial charge on any atom is -0.361 e. The molecule has 0 aliphatic carbocycles. The molecule has 0 fully saturated rings. The van der Waals surface area contributed by atoms with Crippen molar-refractivity contribution in [2.45, 2.75) is 45.1 Å². The second kappa shape index (κ2) is 12.6. The minimum absolute atomic E-state index is 0.116. The van der Waals surface area contributed by atoms with Gasteiger partial charge in [-0.3, -0.25) is 14.3 Å². The van der Waals surface area contributed by atoms with Crippen LogP contribution in [0.25, 0.3) is 27.5 Å². The first-order chi connectivity index (χ1) is 22.2. The molecule has 0 aliphatic rings. The number of aromatic nitrogens is 6. The maximum Gasteiger partial charge on any atom is 0.226 e. The lowest BCUT2D eigenvalue weighted by atomic mass is 10.0. The van der Waals surface area contributed by atoms with Gasteiger partial charge in [0.05, 0.1) is 12.5 Å². The third-order valence-electron chi connectivity index (χ3n) is 8.46. The number of carbonyl (C=O) groups excluding carboxylic acids is 1. The van der Waals surface area contributed by atoms with Crippen molar-refractivity contribution in [1.29, 1.82) is 0 Å². The molecule has 3 aromatic carbocycles. The highest BCUT2D eigenvalue weighted by Gasteiger charge is 2.26. The molecule has 1 atom stereocenters. The van der Waals surface area contributed by atoms with Crippen LogP contribution in [0.1, 0.15) is 47.0 Å². The molecular formula is C37H35N7O. The molecule has 0 unspecified atom stereocenters. The van der Waals surface area contributed by atoms with Crippen molar-refractivity contribution in [2.24, 2.45) is 0 Å². The lowest BCUT2D eigenvalue weighted by molar-refractivity contribution is -0.121. The number of fused-ring (bicyclic) bond motifs is 2. The van der Waals surface area contributed by atoms with Crippen LogP contribution in [0.3, 0.4) is 0 Å². The normalized spacial score (nSPS) is 12.1. The number of para-hydroxylation sites is 2. The highest BCUT2D eigenvalue weighted by atomic mass is 16.1. The van der Waals surface area contributed by atoms with E-state index in [0.29, 0.717) is 18.7 Å². The van der Waals surface area contributed by atoms with E-state index in [-0.39, 0.29) is 12.3 Å². The highest BCUT2D eigenvalue weighted by molar-refractivity contribution is 5.84. The van der Waals surface area contributed by atoms with Crippen LogP contribution < -0.4 is 5.32 Å². The predicted molar refractivity (Wildman–Crippen MR) is 177 cm³/mol. The number of hydrogen-bond acceptors (Lipinski definition) is 4. The topological polar surface area (TPSA) is 104 Å². The Bertz CT molecular complexity index is 2050. The summed E-state index contributed by atoms with van der Waals surface area (Å²) in [6.07, 6.45) is 8.99. The zero-order chi connectivity index (χ0) is 30.6. The monoisotopic (exact) mass is 593 g/mol. The molecule has 4 heterocycles. The van der Waals surface area contributed by atoms with Gasteiger partial charge in [0.1, 0.15) is 5.82 Å². The van der Waals surface area contributed by atoms with Crippen LogP contribution in [0.2, 0.25) is 0 Å². The molecule has 0 saturated carbocycles. The predicted octanol–water partition coefficient (Wildman–Crippen LogP) is 6.62. The number of nitrogens with one attached hydrogen (secondary N) is 3. The van der Waals surface area contributed by atoms with Crippen molar-refractivity contribution in [1.82, 2.24) is 35.0 Å². The lowest BCUT2D eigenvalue weighted by Gasteiger charge is -2.20. The summed E-state index contributed by atoms with van der Waals surface area (Å²) in [5.74, 6) is 1.44. The molecule has 0 bridgehead atoms. The van der Waals surface area contributed by atoms with Gasteiger partial charge in [0.15, 0.2) is 5.82 Å². The number of hydrogen-bond donors (Lipinski definition) is 3. The van der Waals surface area contributed by atoms with E-state index in [2.05, 4.69) is 92.6 Å². The molecule has 224 valence electrons. The Balaban J connectivity index is 1.27. The van der Waals surface area contributed by atoms with Gasteiger partial charge in [0.25, 0.3) is 0 Å². The first-order valence-electron chi connectivity index (χ1n) is 15.5. The summed E-state index contributed by atoms with van der Waals surface area (Å²) in [6.45, 7) is 2.15. The summed E-state index contributed by atoms with van der Waals surface area (Å²) in [4.78, 5) is 24.7. The fourth-order valence-electron chi connectivity index (χ4n) is 6.10. The van der Waals surface area contributed by atoms with E-state index in [1.165, 1.54) is 16.5 Å². The standard InChI is InChI=1S/C37H35N7O/c1-2-25-14-17-29(18-15-25)44-35(19-16-26-23-39-32-12-5-3-10-30(26)32)42-43-37(44)34(41-36(45)22-28-9-7-8-20-38-28)21-27-24-40-33-13-6-4-11-31(27)33/h3-15,17-18,20,23-24,34,39-40H,2,16,19,21-22H2,1H3,(H,41,45)/t34-/m1/s1. The van der Waals surface area contributed by atoms with E-state index in [9.17, 15) is 4.79 Å². The molecule has 8 heteroatoms. The number of aryl methyl sites for hydroxylation is 3. The Morgan fingerprint density at radius 2 is 1.49 bits per heavy atom. The van der Waals surface area contributed by atoms with E-state index in [4.69, 9.17) is 10.2 Å². The number of carbonyl (C=O) groups is 1. The number of nitrogens with zero attached hydrogens (tertiary/aromatic N) is 4. The molecule has 3 N–H and O–H groups in total. The van der Waals surface area contributed by atoms with Crippen molar-refractivity contribution in [2.75, 3.05) is 0 Å². The molecule has 0 spiro atoms. The summed E-state index contributed by atoms with van der Waals surface area (Å²) in [6, 6.07) is 30.3. The third-order valence-corrected chi connectivity index (χ3v) is 8.46. The number of amides is 1. The van der Waals surface area contributed by atoms with Crippen LogP contribution in [-0.2, 0) is 36.9 Å². The summed E-state index contributed by atoms with van der Waals surface area (Å²) < 4.78 is 2.13. The van der Waals surface area contributed by atoms with E-state index >= 15 is 0 Å². The molecule has 7 rings (SSSR count).